The maximum atomic E-state index is 12.5. The van der Waals surface area contributed by atoms with Gasteiger partial charge in [0.15, 0.2) is 5.78 Å². The summed E-state index contributed by atoms with van der Waals surface area (Å²) in [5.41, 5.74) is 1.89. The molecule has 0 heterocycles. The third kappa shape index (κ3) is 6.48. The lowest BCUT2D eigenvalue weighted by molar-refractivity contribution is 0.0978. The van der Waals surface area contributed by atoms with E-state index < -0.39 is 0 Å². The van der Waals surface area contributed by atoms with E-state index >= 15 is 0 Å². The lowest BCUT2D eigenvalue weighted by atomic mass is 10.0. The van der Waals surface area contributed by atoms with Gasteiger partial charge in [0.2, 0.25) is 0 Å². The van der Waals surface area contributed by atoms with Crippen LogP contribution in [0.15, 0.2) is 54.6 Å². The van der Waals surface area contributed by atoms with Gasteiger partial charge in [-0.3, -0.25) is 4.79 Å². The second-order valence-electron chi connectivity index (χ2n) is 5.86. The van der Waals surface area contributed by atoms with E-state index in [9.17, 15) is 4.79 Å². The Bertz CT molecular complexity index is 610. The Balaban J connectivity index is 1.84. The van der Waals surface area contributed by atoms with Crippen molar-refractivity contribution in [2.45, 2.75) is 38.5 Å². The molecule has 0 saturated carbocycles. The van der Waals surface area contributed by atoms with Gasteiger partial charge in [0.1, 0.15) is 5.75 Å². The molecule has 0 saturated heterocycles. The Morgan fingerprint density at radius 1 is 0.875 bits per heavy atom. The average Bonchev–Trinajstić information content (AvgIpc) is 2.64. The van der Waals surface area contributed by atoms with Crippen LogP contribution in [0.5, 0.6) is 5.75 Å². The number of aryl methyl sites for hydroxylation is 1. The van der Waals surface area contributed by atoms with Crippen molar-refractivity contribution in [3.63, 3.8) is 0 Å². The smallest absolute Gasteiger partial charge is 0.166 e. The molecule has 24 heavy (non-hydrogen) atoms. The summed E-state index contributed by atoms with van der Waals surface area (Å²) < 4.78 is 5.86. The van der Waals surface area contributed by atoms with E-state index in [1.165, 1.54) is 18.4 Å². The predicted octanol–water partition coefficient (Wildman–Crippen LogP) is 5.84. The summed E-state index contributed by atoms with van der Waals surface area (Å²) in [5.74, 6) is 0.866. The number of carbonyl (C=O) groups excluding carboxylic acids is 1. The van der Waals surface area contributed by atoms with Gasteiger partial charge in [-0.1, -0.05) is 71.2 Å². The van der Waals surface area contributed by atoms with Crippen molar-refractivity contribution in [3.8, 4) is 5.75 Å². The SMILES string of the molecule is O=C(CCc1ccccc1)c1ccccc1OCCCCCCBr. The van der Waals surface area contributed by atoms with Crippen LogP contribution < -0.4 is 4.74 Å². The van der Waals surface area contributed by atoms with E-state index in [1.807, 2.05) is 42.5 Å². The number of alkyl halides is 1. The monoisotopic (exact) mass is 388 g/mol. The van der Waals surface area contributed by atoms with Crippen molar-refractivity contribution >= 4 is 21.7 Å². The minimum Gasteiger partial charge on any atom is -0.493 e. The summed E-state index contributed by atoms with van der Waals surface area (Å²) >= 11 is 3.44. The molecule has 0 spiro atoms. The van der Waals surface area contributed by atoms with E-state index in [1.54, 1.807) is 0 Å². The minimum atomic E-state index is 0.147. The van der Waals surface area contributed by atoms with E-state index in [-0.39, 0.29) is 5.78 Å². The fraction of sp³-hybridized carbons (Fsp3) is 0.381. The van der Waals surface area contributed by atoms with Crippen LogP contribution in [0.4, 0.5) is 0 Å². The summed E-state index contributed by atoms with van der Waals surface area (Å²) in [6.45, 7) is 0.672. The number of unbranched alkanes of at least 4 members (excludes halogenated alkanes) is 3. The highest BCUT2D eigenvalue weighted by Gasteiger charge is 2.12. The second-order valence-corrected chi connectivity index (χ2v) is 6.65. The first-order chi connectivity index (χ1) is 11.8. The van der Waals surface area contributed by atoms with Crippen LogP contribution in [0, 0.1) is 0 Å². The van der Waals surface area contributed by atoms with Crippen molar-refractivity contribution in [1.29, 1.82) is 0 Å². The molecule has 0 atom stereocenters. The molecule has 2 rings (SSSR count). The highest BCUT2D eigenvalue weighted by atomic mass is 79.9. The lowest BCUT2D eigenvalue weighted by Gasteiger charge is -2.11. The second kappa shape index (κ2) is 11.0. The molecule has 0 aliphatic carbocycles. The number of hydrogen-bond acceptors (Lipinski definition) is 2. The van der Waals surface area contributed by atoms with Gasteiger partial charge in [-0.2, -0.15) is 0 Å². The molecule has 0 radical (unpaired) electrons. The summed E-state index contributed by atoms with van der Waals surface area (Å²) in [5, 5.41) is 1.06. The molecule has 0 unspecified atom stereocenters. The first-order valence-corrected chi connectivity index (χ1v) is 9.78. The Labute approximate surface area is 153 Å². The van der Waals surface area contributed by atoms with Gasteiger partial charge < -0.3 is 4.74 Å². The normalized spacial score (nSPS) is 10.5. The van der Waals surface area contributed by atoms with Gasteiger partial charge in [0, 0.05) is 11.8 Å². The number of halogens is 1. The molecule has 0 N–H and O–H groups in total. The van der Waals surface area contributed by atoms with Crippen LogP contribution in [0.1, 0.15) is 48.0 Å². The number of para-hydroxylation sites is 1. The van der Waals surface area contributed by atoms with Gasteiger partial charge in [0.25, 0.3) is 0 Å². The van der Waals surface area contributed by atoms with E-state index in [0.29, 0.717) is 18.6 Å². The van der Waals surface area contributed by atoms with Gasteiger partial charge in [0.05, 0.1) is 12.2 Å². The fourth-order valence-electron chi connectivity index (χ4n) is 2.59. The Kier molecular flexibility index (Phi) is 8.61. The third-order valence-electron chi connectivity index (χ3n) is 3.96. The van der Waals surface area contributed by atoms with Gasteiger partial charge in [-0.25, -0.2) is 0 Å². The molecule has 128 valence electrons. The van der Waals surface area contributed by atoms with Crippen LogP contribution in [0.2, 0.25) is 0 Å². The molecule has 2 aromatic carbocycles. The van der Waals surface area contributed by atoms with E-state index in [0.717, 1.165) is 30.3 Å². The molecule has 0 aliphatic heterocycles. The topological polar surface area (TPSA) is 26.3 Å². The van der Waals surface area contributed by atoms with Crippen LogP contribution in [0.3, 0.4) is 0 Å². The van der Waals surface area contributed by atoms with Crippen LogP contribution in [-0.4, -0.2) is 17.7 Å². The molecule has 2 nitrogen and oxygen atoms in total. The van der Waals surface area contributed by atoms with Crippen molar-refractivity contribution in [2.75, 3.05) is 11.9 Å². The van der Waals surface area contributed by atoms with Gasteiger partial charge in [-0.15, -0.1) is 0 Å². The Hall–Kier alpha value is -1.61. The maximum Gasteiger partial charge on any atom is 0.166 e. The number of Topliss-reactive ketones (excluding diaryl/α,β-unsaturated/α-hetero) is 1. The zero-order valence-corrected chi connectivity index (χ0v) is 15.6. The van der Waals surface area contributed by atoms with Crippen LogP contribution in [0.25, 0.3) is 0 Å². The van der Waals surface area contributed by atoms with Gasteiger partial charge >= 0.3 is 0 Å². The number of ketones is 1. The number of ether oxygens (including phenoxy) is 1. The molecule has 0 fully saturated rings. The van der Waals surface area contributed by atoms with Crippen molar-refractivity contribution in [3.05, 3.63) is 65.7 Å². The quantitative estimate of drug-likeness (QED) is 0.274. The number of benzene rings is 2. The fourth-order valence-corrected chi connectivity index (χ4v) is 2.99. The predicted molar refractivity (Wildman–Crippen MR) is 103 cm³/mol. The van der Waals surface area contributed by atoms with Crippen molar-refractivity contribution in [1.82, 2.24) is 0 Å². The average molecular weight is 389 g/mol. The third-order valence-corrected chi connectivity index (χ3v) is 4.52. The Morgan fingerprint density at radius 3 is 2.38 bits per heavy atom. The van der Waals surface area contributed by atoms with Gasteiger partial charge in [-0.05, 0) is 37.0 Å². The highest BCUT2D eigenvalue weighted by Crippen LogP contribution is 2.21. The molecule has 0 aliphatic rings. The zero-order chi connectivity index (χ0) is 17.0. The minimum absolute atomic E-state index is 0.147. The molecule has 3 heteroatoms. The van der Waals surface area contributed by atoms with Crippen LogP contribution in [-0.2, 0) is 6.42 Å². The first-order valence-electron chi connectivity index (χ1n) is 8.66. The summed E-state index contributed by atoms with van der Waals surface area (Å²) in [7, 11) is 0. The maximum absolute atomic E-state index is 12.5. The summed E-state index contributed by atoms with van der Waals surface area (Å²) in [6, 6.07) is 17.7. The molecular formula is C21H25BrO2. The summed E-state index contributed by atoms with van der Waals surface area (Å²) in [4.78, 5) is 12.5. The zero-order valence-electron chi connectivity index (χ0n) is 14.0. The largest absolute Gasteiger partial charge is 0.493 e. The Morgan fingerprint density at radius 2 is 1.58 bits per heavy atom. The summed E-state index contributed by atoms with van der Waals surface area (Å²) in [6.07, 6.45) is 5.88. The van der Waals surface area contributed by atoms with Crippen molar-refractivity contribution < 1.29 is 9.53 Å². The van der Waals surface area contributed by atoms with E-state index in [2.05, 4.69) is 28.1 Å². The molecular weight excluding hydrogens is 364 g/mol. The number of carbonyl (C=O) groups is 1. The molecule has 2 aromatic rings. The highest BCUT2D eigenvalue weighted by molar-refractivity contribution is 9.09. The first kappa shape index (κ1) is 18.7. The molecule has 0 aromatic heterocycles. The van der Waals surface area contributed by atoms with E-state index in [4.69, 9.17) is 4.74 Å². The number of hydrogen-bond donors (Lipinski definition) is 0. The van der Waals surface area contributed by atoms with Crippen molar-refractivity contribution in [2.24, 2.45) is 0 Å². The lowest BCUT2D eigenvalue weighted by Crippen LogP contribution is -2.06. The molecule has 0 bridgehead atoms. The molecule has 0 amide bonds. The number of rotatable bonds is 11. The standard InChI is InChI=1S/C21H25BrO2/c22-16-8-1-2-9-17-24-21-13-7-6-12-19(21)20(23)15-14-18-10-4-3-5-11-18/h3-7,10-13H,1-2,8-9,14-17H2. The van der Waals surface area contributed by atoms with Crippen LogP contribution >= 0.6 is 15.9 Å².